The van der Waals surface area contributed by atoms with Gasteiger partial charge in [0, 0.05) is 13.2 Å². The third-order valence-corrected chi connectivity index (χ3v) is 9.20. The number of rotatable bonds is 4. The summed E-state index contributed by atoms with van der Waals surface area (Å²) in [5.41, 5.74) is 2.96. The van der Waals surface area contributed by atoms with Crippen molar-refractivity contribution in [2.45, 2.75) is 41.7 Å². The first-order valence-electron chi connectivity index (χ1n) is 11.6. The number of nitrogens with one attached hydrogen (secondary N) is 1. The molecule has 2 aliphatic heterocycles. The minimum Gasteiger partial charge on any atom is -0.376 e. The van der Waals surface area contributed by atoms with Gasteiger partial charge in [-0.2, -0.15) is 0 Å². The van der Waals surface area contributed by atoms with Gasteiger partial charge in [0.1, 0.15) is 15.8 Å². The summed E-state index contributed by atoms with van der Waals surface area (Å²) < 4.78 is 5.57. The molecule has 3 amide bonds. The number of hydrogen-bond donors (Lipinski definition) is 1. The summed E-state index contributed by atoms with van der Waals surface area (Å²) in [4.78, 5) is 39.3. The molecule has 2 heterocycles. The van der Waals surface area contributed by atoms with Gasteiger partial charge in [0.2, 0.25) is 17.7 Å². The molecule has 2 bridgehead atoms. The molecule has 2 saturated heterocycles. The van der Waals surface area contributed by atoms with Crippen LogP contribution in [0.2, 0.25) is 0 Å². The van der Waals surface area contributed by atoms with Gasteiger partial charge in [0.15, 0.2) is 0 Å². The Labute approximate surface area is 207 Å². The molecule has 0 saturated carbocycles. The van der Waals surface area contributed by atoms with E-state index < -0.39 is 45.3 Å². The maximum atomic E-state index is 13.9. The molecule has 0 spiro atoms. The average molecular weight is 499 g/mol. The maximum Gasteiger partial charge on any atom is 0.243 e. The van der Waals surface area contributed by atoms with Gasteiger partial charge in [0.25, 0.3) is 0 Å². The first kappa shape index (κ1) is 22.1. The van der Waals surface area contributed by atoms with E-state index in [4.69, 9.17) is 27.9 Å². The van der Waals surface area contributed by atoms with Crippen LogP contribution in [0.3, 0.4) is 0 Å². The summed E-state index contributed by atoms with van der Waals surface area (Å²) in [5.74, 6) is -3.13. The second kappa shape index (κ2) is 7.54. The van der Waals surface area contributed by atoms with Crippen molar-refractivity contribution in [2.75, 3.05) is 13.2 Å². The molecule has 7 rings (SSSR count). The van der Waals surface area contributed by atoms with Crippen molar-refractivity contribution in [3.63, 3.8) is 0 Å². The summed E-state index contributed by atoms with van der Waals surface area (Å²) >= 11 is 14.8. The fraction of sp³-hybridized carbons (Fsp3) is 0.423. The molecule has 176 valence electrons. The number of imide groups is 1. The van der Waals surface area contributed by atoms with E-state index in [1.807, 2.05) is 48.5 Å². The highest BCUT2D eigenvalue weighted by atomic mass is 35.5. The van der Waals surface area contributed by atoms with Crippen molar-refractivity contribution in [1.29, 1.82) is 0 Å². The van der Waals surface area contributed by atoms with Crippen LogP contribution in [-0.2, 0) is 28.9 Å². The highest BCUT2D eigenvalue weighted by Gasteiger charge is 2.73. The number of hydrogen-bond acceptors (Lipinski definition) is 4. The molecule has 8 heteroatoms. The van der Waals surface area contributed by atoms with Crippen molar-refractivity contribution in [2.24, 2.45) is 11.8 Å². The number of amides is 3. The Balaban J connectivity index is 1.41. The average Bonchev–Trinajstić information content (AvgIpc) is 3.46. The Bertz CT molecular complexity index is 1100. The van der Waals surface area contributed by atoms with E-state index >= 15 is 0 Å². The summed E-state index contributed by atoms with van der Waals surface area (Å²) in [5, 5.41) is 2.84. The van der Waals surface area contributed by atoms with Gasteiger partial charge >= 0.3 is 0 Å². The largest absolute Gasteiger partial charge is 0.376 e. The van der Waals surface area contributed by atoms with Crippen molar-refractivity contribution in [1.82, 2.24) is 10.2 Å². The van der Waals surface area contributed by atoms with E-state index in [0.717, 1.165) is 40.0 Å². The number of benzene rings is 2. The fourth-order valence-corrected chi connectivity index (χ4v) is 7.45. The number of halogens is 2. The van der Waals surface area contributed by atoms with Crippen molar-refractivity contribution < 1.29 is 19.1 Å². The molecule has 2 aromatic rings. The minimum absolute atomic E-state index is 0.0409. The third kappa shape index (κ3) is 2.65. The molecule has 0 unspecified atom stereocenters. The topological polar surface area (TPSA) is 75.7 Å². The SMILES string of the molecule is C[C@H](C(=O)NC[C@@H]1CCCO1)N1C(=O)[C@@H]2[C@H](C1=O)C1(Cl)c3ccccc3C2(Cl)c2ccccc21. The molecular formula is C26H24Cl2N2O4. The molecule has 0 radical (unpaired) electrons. The van der Waals surface area contributed by atoms with Crippen LogP contribution >= 0.6 is 23.2 Å². The fourth-order valence-electron chi connectivity index (χ4n) is 6.36. The van der Waals surface area contributed by atoms with Gasteiger partial charge in [-0.3, -0.25) is 19.3 Å². The molecule has 1 N–H and O–H groups in total. The van der Waals surface area contributed by atoms with Crippen LogP contribution in [-0.4, -0.2) is 47.9 Å². The van der Waals surface area contributed by atoms with Gasteiger partial charge in [-0.25, -0.2) is 0 Å². The van der Waals surface area contributed by atoms with Crippen LogP contribution in [0.4, 0.5) is 0 Å². The monoisotopic (exact) mass is 498 g/mol. The Morgan fingerprint density at radius 1 is 1.00 bits per heavy atom. The number of likely N-dealkylation sites (tertiary alicyclic amines) is 1. The number of ether oxygens (including phenoxy) is 1. The Kier molecular flexibility index (Phi) is 4.90. The Hall–Kier alpha value is -2.41. The van der Waals surface area contributed by atoms with Gasteiger partial charge < -0.3 is 10.1 Å². The van der Waals surface area contributed by atoms with Gasteiger partial charge in [-0.05, 0) is 42.0 Å². The standard InChI is InChI=1S/C26H24Cl2N2O4/c1-14(22(31)29-13-15-7-6-12-34-15)30-23(32)20-21(24(30)33)26(28)17-9-3-2-8-16(17)25(20,27)18-10-4-5-11-19(18)26/h2-5,8-11,14-15,20-21H,6-7,12-13H2,1H3,(H,29,31)/t14-,15+,20-,21+,25?,26?/m1/s1. The van der Waals surface area contributed by atoms with Crippen LogP contribution in [0.25, 0.3) is 0 Å². The lowest BCUT2D eigenvalue weighted by atomic mass is 9.54. The number of carbonyl (C=O) groups is 3. The molecule has 34 heavy (non-hydrogen) atoms. The number of nitrogens with zero attached hydrogens (tertiary/aromatic N) is 1. The lowest BCUT2D eigenvalue weighted by molar-refractivity contribution is -0.147. The quantitative estimate of drug-likeness (QED) is 0.518. The van der Waals surface area contributed by atoms with E-state index in [2.05, 4.69) is 5.32 Å². The Morgan fingerprint density at radius 2 is 1.47 bits per heavy atom. The van der Waals surface area contributed by atoms with Crippen molar-refractivity contribution >= 4 is 40.9 Å². The number of alkyl halides is 2. The first-order valence-corrected chi connectivity index (χ1v) is 12.4. The molecule has 5 aliphatic rings. The normalized spacial score (nSPS) is 34.0. The molecule has 2 aromatic carbocycles. The van der Waals surface area contributed by atoms with Crippen LogP contribution in [0, 0.1) is 11.8 Å². The molecule has 6 nitrogen and oxygen atoms in total. The second-order valence-electron chi connectivity index (χ2n) is 9.57. The first-order chi connectivity index (χ1) is 16.3. The molecule has 4 atom stereocenters. The highest BCUT2D eigenvalue weighted by Crippen LogP contribution is 2.69. The van der Waals surface area contributed by atoms with E-state index in [9.17, 15) is 14.4 Å². The lowest BCUT2D eigenvalue weighted by Gasteiger charge is -2.54. The summed E-state index contributed by atoms with van der Waals surface area (Å²) in [7, 11) is 0. The molecule has 3 aliphatic carbocycles. The summed E-state index contributed by atoms with van der Waals surface area (Å²) in [6, 6.07) is 14.0. The smallest absolute Gasteiger partial charge is 0.243 e. The Morgan fingerprint density at radius 3 is 1.88 bits per heavy atom. The highest BCUT2D eigenvalue weighted by molar-refractivity contribution is 6.36. The van der Waals surface area contributed by atoms with Crippen LogP contribution in [0.1, 0.15) is 42.0 Å². The maximum absolute atomic E-state index is 13.9. The zero-order chi connectivity index (χ0) is 23.8. The third-order valence-electron chi connectivity index (χ3n) is 7.91. The second-order valence-corrected chi connectivity index (χ2v) is 10.8. The molecular weight excluding hydrogens is 475 g/mol. The van der Waals surface area contributed by atoms with E-state index in [1.165, 1.54) is 0 Å². The lowest BCUT2D eigenvalue weighted by Crippen LogP contribution is -2.57. The molecule has 2 fully saturated rings. The van der Waals surface area contributed by atoms with E-state index in [0.29, 0.717) is 13.2 Å². The van der Waals surface area contributed by atoms with Gasteiger partial charge in [-0.15, -0.1) is 23.2 Å². The van der Waals surface area contributed by atoms with E-state index in [-0.39, 0.29) is 6.10 Å². The van der Waals surface area contributed by atoms with Crippen LogP contribution in [0.5, 0.6) is 0 Å². The molecule has 0 aromatic heterocycles. The zero-order valence-electron chi connectivity index (χ0n) is 18.6. The van der Waals surface area contributed by atoms with Crippen molar-refractivity contribution in [3.05, 3.63) is 70.8 Å². The predicted molar refractivity (Wildman–Crippen MR) is 126 cm³/mol. The summed E-state index contributed by atoms with van der Waals surface area (Å²) in [6.07, 6.45) is 1.79. The predicted octanol–water partition coefficient (Wildman–Crippen LogP) is 3.26. The van der Waals surface area contributed by atoms with Gasteiger partial charge in [0.05, 0.1) is 17.9 Å². The zero-order valence-corrected chi connectivity index (χ0v) is 20.1. The summed E-state index contributed by atoms with van der Waals surface area (Å²) in [6.45, 7) is 2.60. The van der Waals surface area contributed by atoms with Crippen LogP contribution < -0.4 is 5.32 Å². The van der Waals surface area contributed by atoms with Crippen molar-refractivity contribution in [3.8, 4) is 0 Å². The van der Waals surface area contributed by atoms with Gasteiger partial charge in [-0.1, -0.05) is 48.5 Å². The van der Waals surface area contributed by atoms with Crippen LogP contribution in [0.15, 0.2) is 48.5 Å². The number of carbonyl (C=O) groups excluding carboxylic acids is 3. The minimum atomic E-state index is -1.25. The van der Waals surface area contributed by atoms with E-state index in [1.54, 1.807) is 6.92 Å².